The highest BCUT2D eigenvalue weighted by Crippen LogP contribution is 2.23. The van der Waals surface area contributed by atoms with Gasteiger partial charge in [-0.25, -0.2) is 0 Å². The van der Waals surface area contributed by atoms with Crippen LogP contribution in [0.15, 0.2) is 23.4 Å². The third-order valence-electron chi connectivity index (χ3n) is 2.19. The molecule has 0 saturated carbocycles. The van der Waals surface area contributed by atoms with Crippen molar-refractivity contribution in [3.8, 4) is 0 Å². The van der Waals surface area contributed by atoms with Gasteiger partial charge in [0.1, 0.15) is 6.10 Å². The summed E-state index contributed by atoms with van der Waals surface area (Å²) in [6, 6.07) is 5.31. The maximum Gasteiger partial charge on any atom is 0.145 e. The molecule has 0 aliphatic carbocycles. The number of benzene rings is 1. The largest absolute Gasteiger partial charge is 0.390 e. The van der Waals surface area contributed by atoms with Gasteiger partial charge in [0.05, 0.1) is 5.71 Å². The van der Waals surface area contributed by atoms with Gasteiger partial charge in [-0.1, -0.05) is 28.4 Å². The van der Waals surface area contributed by atoms with Crippen LogP contribution >= 0.6 is 23.2 Å². The zero-order valence-corrected chi connectivity index (χ0v) is 9.42. The lowest BCUT2D eigenvalue weighted by molar-refractivity contribution is 0.0918. The summed E-state index contributed by atoms with van der Waals surface area (Å²) in [5, 5.41) is 5.15. The number of nitrogens with two attached hydrogens (primary N) is 1. The maximum absolute atomic E-state index is 5.89. The minimum absolute atomic E-state index is 0.0299. The lowest BCUT2D eigenvalue weighted by Gasteiger charge is -2.03. The first-order valence-corrected chi connectivity index (χ1v) is 5.34. The fraction of sp³-hybridized carbons (Fsp3) is 0.300. The Labute approximate surface area is 97.8 Å². The van der Waals surface area contributed by atoms with E-state index in [0.29, 0.717) is 23.0 Å². The van der Waals surface area contributed by atoms with Crippen LogP contribution in [0, 0.1) is 0 Å². The zero-order chi connectivity index (χ0) is 10.8. The van der Waals surface area contributed by atoms with Crippen LogP contribution in [0.4, 0.5) is 0 Å². The number of oxime groups is 1. The summed E-state index contributed by atoms with van der Waals surface area (Å²) in [6.07, 6.45) is 0.672. The van der Waals surface area contributed by atoms with E-state index in [0.717, 1.165) is 11.3 Å². The van der Waals surface area contributed by atoms with Crippen LogP contribution in [0.5, 0.6) is 0 Å². The van der Waals surface area contributed by atoms with E-state index in [1.54, 1.807) is 6.07 Å². The van der Waals surface area contributed by atoms with Crippen LogP contribution in [0.25, 0.3) is 0 Å². The second-order valence-electron chi connectivity index (χ2n) is 3.36. The number of nitrogens with zero attached hydrogens (tertiary/aromatic N) is 1. The third kappa shape index (κ3) is 2.43. The molecule has 0 radical (unpaired) electrons. The predicted octanol–water partition coefficient (Wildman–Crippen LogP) is 2.45. The standard InChI is InChI=1S/C10H10Cl2N2O/c11-7-1-6(2-8(12)3-7)10-4-9(5-13)15-14-10/h1-3,9H,4-5,13H2. The van der Waals surface area contributed by atoms with Crippen molar-refractivity contribution in [3.63, 3.8) is 0 Å². The summed E-state index contributed by atoms with van der Waals surface area (Å²) in [5.41, 5.74) is 7.22. The molecule has 0 amide bonds. The van der Waals surface area contributed by atoms with Gasteiger partial charge in [0.15, 0.2) is 0 Å². The summed E-state index contributed by atoms with van der Waals surface area (Å²) >= 11 is 11.8. The molecule has 5 heteroatoms. The first-order chi connectivity index (χ1) is 7.19. The first kappa shape index (κ1) is 10.7. The number of hydrogen-bond donors (Lipinski definition) is 1. The fourth-order valence-electron chi connectivity index (χ4n) is 1.45. The highest BCUT2D eigenvalue weighted by Gasteiger charge is 2.20. The van der Waals surface area contributed by atoms with Gasteiger partial charge in [-0.3, -0.25) is 0 Å². The van der Waals surface area contributed by atoms with E-state index < -0.39 is 0 Å². The molecule has 0 saturated heterocycles. The van der Waals surface area contributed by atoms with E-state index >= 15 is 0 Å². The summed E-state index contributed by atoms with van der Waals surface area (Å²) in [6.45, 7) is 0.460. The number of hydrogen-bond acceptors (Lipinski definition) is 3. The number of halogens is 2. The molecule has 1 aromatic carbocycles. The van der Waals surface area contributed by atoms with E-state index in [1.807, 2.05) is 12.1 Å². The predicted molar refractivity (Wildman–Crippen MR) is 61.5 cm³/mol. The van der Waals surface area contributed by atoms with Crippen molar-refractivity contribution in [1.82, 2.24) is 0 Å². The van der Waals surface area contributed by atoms with Gasteiger partial charge in [0.25, 0.3) is 0 Å². The second kappa shape index (κ2) is 4.39. The third-order valence-corrected chi connectivity index (χ3v) is 2.63. The maximum atomic E-state index is 5.89. The van der Waals surface area contributed by atoms with Crippen molar-refractivity contribution in [2.75, 3.05) is 6.54 Å². The van der Waals surface area contributed by atoms with Crippen LogP contribution in [-0.2, 0) is 4.84 Å². The molecule has 3 nitrogen and oxygen atoms in total. The van der Waals surface area contributed by atoms with E-state index in [4.69, 9.17) is 33.8 Å². The van der Waals surface area contributed by atoms with Gasteiger partial charge >= 0.3 is 0 Å². The summed E-state index contributed by atoms with van der Waals surface area (Å²) in [4.78, 5) is 5.13. The highest BCUT2D eigenvalue weighted by molar-refractivity contribution is 6.35. The zero-order valence-electron chi connectivity index (χ0n) is 7.91. The second-order valence-corrected chi connectivity index (χ2v) is 4.24. The van der Waals surface area contributed by atoms with Gasteiger partial charge in [0.2, 0.25) is 0 Å². The van der Waals surface area contributed by atoms with E-state index in [1.165, 1.54) is 0 Å². The molecular weight excluding hydrogens is 235 g/mol. The van der Waals surface area contributed by atoms with Crippen LogP contribution in [0.1, 0.15) is 12.0 Å². The van der Waals surface area contributed by atoms with E-state index in [-0.39, 0.29) is 6.10 Å². The molecule has 80 valence electrons. The molecule has 1 aliphatic rings. The van der Waals surface area contributed by atoms with Crippen LogP contribution in [0.3, 0.4) is 0 Å². The Bertz CT molecular complexity index is 386. The van der Waals surface area contributed by atoms with Gasteiger partial charge in [-0.05, 0) is 18.2 Å². The summed E-state index contributed by atoms with van der Waals surface area (Å²) in [5.74, 6) is 0. The minimum atomic E-state index is -0.0299. The number of rotatable bonds is 2. The van der Waals surface area contributed by atoms with Crippen molar-refractivity contribution in [3.05, 3.63) is 33.8 Å². The molecular formula is C10H10Cl2N2O. The van der Waals surface area contributed by atoms with Crippen LogP contribution < -0.4 is 5.73 Å². The normalized spacial score (nSPS) is 19.9. The molecule has 0 bridgehead atoms. The molecule has 1 aliphatic heterocycles. The topological polar surface area (TPSA) is 47.6 Å². The average molecular weight is 245 g/mol. The molecule has 15 heavy (non-hydrogen) atoms. The average Bonchev–Trinajstić information content (AvgIpc) is 2.64. The first-order valence-electron chi connectivity index (χ1n) is 4.58. The Morgan fingerprint density at radius 1 is 1.33 bits per heavy atom. The lowest BCUT2D eigenvalue weighted by atomic mass is 10.1. The Morgan fingerprint density at radius 2 is 2.00 bits per heavy atom. The highest BCUT2D eigenvalue weighted by atomic mass is 35.5. The monoisotopic (exact) mass is 244 g/mol. The van der Waals surface area contributed by atoms with Gasteiger partial charge in [-0.15, -0.1) is 0 Å². The van der Waals surface area contributed by atoms with Gasteiger partial charge in [0, 0.05) is 28.6 Å². The smallest absolute Gasteiger partial charge is 0.145 e. The molecule has 0 aromatic heterocycles. The molecule has 1 atom stereocenters. The van der Waals surface area contributed by atoms with Crippen molar-refractivity contribution >= 4 is 28.9 Å². The Balaban J connectivity index is 2.24. The quantitative estimate of drug-likeness (QED) is 0.869. The Kier molecular flexibility index (Phi) is 3.14. The molecule has 0 spiro atoms. The van der Waals surface area contributed by atoms with E-state index in [9.17, 15) is 0 Å². The van der Waals surface area contributed by atoms with E-state index in [2.05, 4.69) is 5.16 Å². The lowest BCUT2D eigenvalue weighted by Crippen LogP contribution is -2.20. The summed E-state index contributed by atoms with van der Waals surface area (Å²) in [7, 11) is 0. The summed E-state index contributed by atoms with van der Waals surface area (Å²) < 4.78 is 0. The Morgan fingerprint density at radius 3 is 2.53 bits per heavy atom. The van der Waals surface area contributed by atoms with Crippen molar-refractivity contribution < 1.29 is 4.84 Å². The van der Waals surface area contributed by atoms with Crippen molar-refractivity contribution in [2.45, 2.75) is 12.5 Å². The van der Waals surface area contributed by atoms with Crippen LogP contribution in [0.2, 0.25) is 10.0 Å². The Hall–Kier alpha value is -0.770. The van der Waals surface area contributed by atoms with Gasteiger partial charge in [-0.2, -0.15) is 0 Å². The van der Waals surface area contributed by atoms with Gasteiger partial charge < -0.3 is 10.6 Å². The molecule has 2 N–H and O–H groups in total. The molecule has 0 fully saturated rings. The molecule has 1 unspecified atom stereocenters. The van der Waals surface area contributed by atoms with Crippen molar-refractivity contribution in [2.24, 2.45) is 10.9 Å². The molecule has 1 heterocycles. The van der Waals surface area contributed by atoms with Crippen LogP contribution in [-0.4, -0.2) is 18.4 Å². The minimum Gasteiger partial charge on any atom is -0.390 e. The molecule has 1 aromatic rings. The van der Waals surface area contributed by atoms with Crippen molar-refractivity contribution in [1.29, 1.82) is 0 Å². The fourth-order valence-corrected chi connectivity index (χ4v) is 1.97. The SMILES string of the molecule is NCC1CC(c2cc(Cl)cc(Cl)c2)=NO1. The molecule has 2 rings (SSSR count).